The number of likely N-dealkylation sites (N-methyl/N-ethyl adjacent to an activating group) is 1. The lowest BCUT2D eigenvalue weighted by atomic mass is 10.1. The van der Waals surface area contributed by atoms with Crippen molar-refractivity contribution in [2.75, 3.05) is 26.5 Å². The van der Waals surface area contributed by atoms with E-state index in [4.69, 9.17) is 14.0 Å². The summed E-state index contributed by atoms with van der Waals surface area (Å²) in [4.78, 5) is 12.1. The van der Waals surface area contributed by atoms with Crippen LogP contribution < -0.4 is 10.1 Å². The first-order chi connectivity index (χ1) is 13.6. The van der Waals surface area contributed by atoms with Gasteiger partial charge in [0.2, 0.25) is 0 Å². The van der Waals surface area contributed by atoms with Gasteiger partial charge in [0.1, 0.15) is 6.10 Å². The second-order valence-electron chi connectivity index (χ2n) is 6.15. The fourth-order valence-electron chi connectivity index (χ4n) is 2.27. The van der Waals surface area contributed by atoms with Crippen molar-refractivity contribution in [3.05, 3.63) is 59.2 Å². The van der Waals surface area contributed by atoms with Crippen LogP contribution in [0.2, 0.25) is 0 Å². The number of nitrogens with one attached hydrogen (secondary N) is 1. The molecule has 0 aliphatic heterocycles. The van der Waals surface area contributed by atoms with Gasteiger partial charge >= 0.3 is 5.97 Å². The number of phenolic OH excluding ortho intramolecular Hbond substituents is 1. The van der Waals surface area contributed by atoms with E-state index in [0.717, 1.165) is 11.8 Å². The molecule has 0 saturated heterocycles. The number of rotatable bonds is 7. The number of phenols is 1. The van der Waals surface area contributed by atoms with E-state index in [-0.39, 0.29) is 24.7 Å². The number of aryl methyl sites for hydroxylation is 1. The first kappa shape index (κ1) is 24.6. The van der Waals surface area contributed by atoms with Gasteiger partial charge in [0.25, 0.3) is 10.1 Å². The Bertz CT molecular complexity index is 896. The fourth-order valence-corrected chi connectivity index (χ4v) is 2.87. The van der Waals surface area contributed by atoms with E-state index in [9.17, 15) is 18.3 Å². The fraction of sp³-hybridized carbons (Fsp3) is 0.350. The number of hydrogen-bond acceptors (Lipinski definition) is 8. The van der Waals surface area contributed by atoms with Gasteiger partial charge in [0.15, 0.2) is 11.5 Å². The van der Waals surface area contributed by atoms with Crippen LogP contribution in [0.25, 0.3) is 0 Å². The van der Waals surface area contributed by atoms with Gasteiger partial charge in [-0.2, -0.15) is 8.42 Å². The second kappa shape index (κ2) is 11.5. The topological polar surface area (TPSA) is 122 Å². The lowest BCUT2D eigenvalue weighted by Crippen LogP contribution is -2.22. The molecule has 0 saturated carbocycles. The molecule has 2 rings (SSSR count). The third-order valence-electron chi connectivity index (χ3n) is 3.53. The molecule has 1 unspecified atom stereocenters. The number of hydrogen-bond donors (Lipinski definition) is 3. The van der Waals surface area contributed by atoms with E-state index in [1.54, 1.807) is 38.2 Å². The van der Waals surface area contributed by atoms with Crippen molar-refractivity contribution in [2.24, 2.45) is 0 Å². The van der Waals surface area contributed by atoms with Gasteiger partial charge in [-0.05, 0) is 50.7 Å². The van der Waals surface area contributed by atoms with E-state index in [2.05, 4.69) is 5.32 Å². The number of carbonyl (C=O) groups is 1. The zero-order valence-corrected chi connectivity index (χ0v) is 17.7. The van der Waals surface area contributed by atoms with Gasteiger partial charge in [-0.25, -0.2) is 4.79 Å². The van der Waals surface area contributed by atoms with Crippen molar-refractivity contribution in [3.63, 3.8) is 0 Å². The van der Waals surface area contributed by atoms with Crippen molar-refractivity contribution in [3.8, 4) is 11.5 Å². The largest absolute Gasteiger partial charge is 0.504 e. The van der Waals surface area contributed by atoms with Crippen molar-refractivity contribution in [1.29, 1.82) is 0 Å². The predicted octanol–water partition coefficient (Wildman–Crippen LogP) is 2.16. The van der Waals surface area contributed by atoms with Crippen LogP contribution in [0.3, 0.4) is 0 Å². The summed E-state index contributed by atoms with van der Waals surface area (Å²) in [5.74, 6) is -0.921. The lowest BCUT2D eigenvalue weighted by molar-refractivity contribution is 0.0729. The summed E-state index contributed by atoms with van der Waals surface area (Å²) in [6.07, 6.45) is 0.135. The van der Waals surface area contributed by atoms with Gasteiger partial charge in [0, 0.05) is 13.2 Å². The van der Waals surface area contributed by atoms with Gasteiger partial charge in [-0.3, -0.25) is 4.18 Å². The Kier molecular flexibility index (Phi) is 9.76. The standard InChI is InChI=1S/C18H21NO6S.C2H6O/c1-12-4-6-13(7-5-12)18(21)24-16-9-8-14(10-15(16)20)17(11-19-2)25-26(3,22)23;1-2-3/h4-10,17,19-20H,11H2,1-3H3;3H,2H2,1H3. The predicted molar refractivity (Wildman–Crippen MR) is 110 cm³/mol. The van der Waals surface area contributed by atoms with Crippen molar-refractivity contribution in [2.45, 2.75) is 20.0 Å². The molecule has 0 fully saturated rings. The third-order valence-corrected chi connectivity index (χ3v) is 4.11. The number of carbonyl (C=O) groups excluding carboxylic acids is 1. The van der Waals surface area contributed by atoms with E-state index >= 15 is 0 Å². The Labute approximate surface area is 171 Å². The Hall–Kier alpha value is -2.46. The Morgan fingerprint density at radius 1 is 1.17 bits per heavy atom. The average molecular weight is 426 g/mol. The SMILES string of the molecule is CCO.CNCC(OS(C)(=O)=O)c1ccc(OC(=O)c2ccc(C)cc2)c(O)c1. The van der Waals surface area contributed by atoms with Gasteiger partial charge in [-0.15, -0.1) is 0 Å². The molecule has 160 valence electrons. The second-order valence-corrected chi connectivity index (χ2v) is 7.75. The highest BCUT2D eigenvalue weighted by Gasteiger charge is 2.20. The molecule has 0 heterocycles. The molecule has 9 heteroatoms. The molecule has 0 aromatic heterocycles. The third kappa shape index (κ3) is 8.61. The smallest absolute Gasteiger partial charge is 0.343 e. The number of aromatic hydroxyl groups is 1. The molecular formula is C20H27NO7S. The van der Waals surface area contributed by atoms with Gasteiger partial charge < -0.3 is 20.3 Å². The van der Waals surface area contributed by atoms with Crippen LogP contribution in [-0.2, 0) is 14.3 Å². The zero-order chi connectivity index (χ0) is 22.0. The minimum absolute atomic E-state index is 0.0260. The Balaban J connectivity index is 0.00000132. The first-order valence-electron chi connectivity index (χ1n) is 8.86. The molecule has 1 atom stereocenters. The van der Waals surface area contributed by atoms with Crippen LogP contribution >= 0.6 is 0 Å². The molecule has 2 aromatic rings. The molecule has 0 radical (unpaired) electrons. The first-order valence-corrected chi connectivity index (χ1v) is 10.7. The summed E-state index contributed by atoms with van der Waals surface area (Å²) >= 11 is 0. The average Bonchev–Trinajstić information content (AvgIpc) is 2.63. The van der Waals surface area contributed by atoms with Crippen LogP contribution in [0.4, 0.5) is 0 Å². The highest BCUT2D eigenvalue weighted by molar-refractivity contribution is 7.86. The van der Waals surface area contributed by atoms with Crippen LogP contribution in [0.15, 0.2) is 42.5 Å². The quantitative estimate of drug-likeness (QED) is 0.350. The van der Waals surface area contributed by atoms with E-state index in [0.29, 0.717) is 11.1 Å². The van der Waals surface area contributed by atoms with Crippen LogP contribution in [0.1, 0.15) is 34.5 Å². The number of benzene rings is 2. The minimum atomic E-state index is -3.68. The lowest BCUT2D eigenvalue weighted by Gasteiger charge is -2.17. The molecule has 3 N–H and O–H groups in total. The van der Waals surface area contributed by atoms with Gasteiger partial charge in [0.05, 0.1) is 11.8 Å². The van der Waals surface area contributed by atoms with Crippen LogP contribution in [0, 0.1) is 6.92 Å². The summed E-state index contributed by atoms with van der Waals surface area (Å²) in [7, 11) is -2.03. The van der Waals surface area contributed by atoms with Crippen LogP contribution in [-0.4, -0.2) is 51.1 Å². The molecule has 0 spiro atoms. The maximum Gasteiger partial charge on any atom is 0.343 e. The summed E-state index contributed by atoms with van der Waals surface area (Å²) in [5, 5.41) is 20.5. The van der Waals surface area contributed by atoms with Crippen molar-refractivity contribution < 1.29 is 32.3 Å². The molecule has 0 bridgehead atoms. The van der Waals surface area contributed by atoms with E-state index in [1.165, 1.54) is 18.2 Å². The Morgan fingerprint density at radius 3 is 2.24 bits per heavy atom. The number of aliphatic hydroxyl groups is 1. The molecular weight excluding hydrogens is 398 g/mol. The molecule has 29 heavy (non-hydrogen) atoms. The van der Waals surface area contributed by atoms with E-state index in [1.807, 2.05) is 6.92 Å². The molecule has 0 aliphatic carbocycles. The highest BCUT2D eigenvalue weighted by Crippen LogP contribution is 2.31. The molecule has 0 aliphatic rings. The summed E-state index contributed by atoms with van der Waals surface area (Å²) in [6, 6.07) is 11.1. The zero-order valence-electron chi connectivity index (χ0n) is 16.9. The molecule has 2 aromatic carbocycles. The number of aliphatic hydroxyl groups excluding tert-OH is 1. The number of esters is 1. The summed E-state index contributed by atoms with van der Waals surface area (Å²) < 4.78 is 33.0. The normalized spacial score (nSPS) is 11.9. The highest BCUT2D eigenvalue weighted by atomic mass is 32.2. The van der Waals surface area contributed by atoms with Crippen LogP contribution in [0.5, 0.6) is 11.5 Å². The maximum absolute atomic E-state index is 12.1. The molecule has 8 nitrogen and oxygen atoms in total. The minimum Gasteiger partial charge on any atom is -0.504 e. The van der Waals surface area contributed by atoms with Crippen molar-refractivity contribution >= 4 is 16.1 Å². The molecule has 0 amide bonds. The maximum atomic E-state index is 12.1. The van der Waals surface area contributed by atoms with E-state index < -0.39 is 22.2 Å². The summed E-state index contributed by atoms with van der Waals surface area (Å²) in [5.41, 5.74) is 1.79. The monoisotopic (exact) mass is 425 g/mol. The van der Waals surface area contributed by atoms with Crippen molar-refractivity contribution in [1.82, 2.24) is 5.32 Å². The number of ether oxygens (including phenoxy) is 1. The summed E-state index contributed by atoms with van der Waals surface area (Å²) in [6.45, 7) is 4.05. The van der Waals surface area contributed by atoms with Gasteiger partial charge in [-0.1, -0.05) is 23.8 Å². The Morgan fingerprint density at radius 2 is 1.76 bits per heavy atom.